The lowest BCUT2D eigenvalue weighted by Crippen LogP contribution is -2.72. The van der Waals surface area contributed by atoms with E-state index in [9.17, 15) is 4.79 Å². The first-order valence-electron chi connectivity index (χ1n) is 6.60. The van der Waals surface area contributed by atoms with Crippen molar-refractivity contribution in [3.63, 3.8) is 0 Å². The third kappa shape index (κ3) is 2.42. The highest BCUT2D eigenvalue weighted by molar-refractivity contribution is 9.10. The van der Waals surface area contributed by atoms with Crippen LogP contribution in [0.25, 0.3) is 0 Å². The number of hydrogen-bond donors (Lipinski definition) is 2. The van der Waals surface area contributed by atoms with E-state index in [1.54, 1.807) is 12.1 Å². The van der Waals surface area contributed by atoms with Crippen LogP contribution in [0.15, 0.2) is 28.7 Å². The van der Waals surface area contributed by atoms with Crippen molar-refractivity contribution in [1.82, 2.24) is 5.32 Å². The molecule has 0 radical (unpaired) electrons. The van der Waals surface area contributed by atoms with E-state index >= 15 is 0 Å². The summed E-state index contributed by atoms with van der Waals surface area (Å²) in [6, 6.07) is 7.27. The van der Waals surface area contributed by atoms with Gasteiger partial charge < -0.3 is 15.8 Å². The number of carbonyl (C=O) groups excluding carboxylic acids is 1. The van der Waals surface area contributed by atoms with Crippen LogP contribution in [-0.2, 0) is 4.74 Å². The van der Waals surface area contributed by atoms with Crippen molar-refractivity contribution >= 4 is 21.8 Å². The van der Waals surface area contributed by atoms with Crippen molar-refractivity contribution in [2.75, 3.05) is 6.61 Å². The van der Waals surface area contributed by atoms with Gasteiger partial charge in [0.05, 0.1) is 12.1 Å². The van der Waals surface area contributed by atoms with Gasteiger partial charge >= 0.3 is 0 Å². The summed E-state index contributed by atoms with van der Waals surface area (Å²) in [6.45, 7) is 0.776. The predicted molar refractivity (Wildman–Crippen MR) is 75.8 cm³/mol. The van der Waals surface area contributed by atoms with E-state index < -0.39 is 0 Å². The largest absolute Gasteiger partial charge is 0.376 e. The zero-order valence-electron chi connectivity index (χ0n) is 10.5. The molecule has 1 aromatic carbocycles. The maximum absolute atomic E-state index is 12.1. The van der Waals surface area contributed by atoms with Gasteiger partial charge in [-0.3, -0.25) is 4.79 Å². The first-order valence-corrected chi connectivity index (χ1v) is 7.40. The highest BCUT2D eigenvalue weighted by atomic mass is 79.9. The van der Waals surface area contributed by atoms with Gasteiger partial charge in [0.2, 0.25) is 0 Å². The fraction of sp³-hybridized carbons (Fsp3) is 0.500. The van der Waals surface area contributed by atoms with Crippen LogP contribution < -0.4 is 11.1 Å². The van der Waals surface area contributed by atoms with Crippen molar-refractivity contribution in [1.29, 1.82) is 0 Å². The molecule has 1 heterocycles. The Hall–Kier alpha value is -0.910. The first kappa shape index (κ1) is 13.1. The van der Waals surface area contributed by atoms with Crippen molar-refractivity contribution in [2.45, 2.75) is 31.0 Å². The highest BCUT2D eigenvalue weighted by Gasteiger charge is 2.51. The van der Waals surface area contributed by atoms with Crippen LogP contribution in [-0.4, -0.2) is 30.7 Å². The van der Waals surface area contributed by atoms with Gasteiger partial charge in [-0.25, -0.2) is 0 Å². The molecule has 4 nitrogen and oxygen atoms in total. The monoisotopic (exact) mass is 324 g/mol. The molecule has 19 heavy (non-hydrogen) atoms. The molecule has 0 spiro atoms. The van der Waals surface area contributed by atoms with Crippen LogP contribution in [0.4, 0.5) is 0 Å². The number of nitrogens with two attached hydrogens (primary N) is 1. The Morgan fingerprint density at radius 2 is 2.11 bits per heavy atom. The van der Waals surface area contributed by atoms with E-state index in [-0.39, 0.29) is 24.1 Å². The van der Waals surface area contributed by atoms with E-state index in [4.69, 9.17) is 10.5 Å². The van der Waals surface area contributed by atoms with Gasteiger partial charge in [-0.15, -0.1) is 0 Å². The summed E-state index contributed by atoms with van der Waals surface area (Å²) in [4.78, 5) is 12.1. The van der Waals surface area contributed by atoms with Crippen molar-refractivity contribution in [2.24, 2.45) is 11.7 Å². The van der Waals surface area contributed by atoms with Gasteiger partial charge in [-0.1, -0.05) is 15.9 Å². The fourth-order valence-corrected chi connectivity index (χ4v) is 3.23. The van der Waals surface area contributed by atoms with Gasteiger partial charge in [0.25, 0.3) is 5.91 Å². The summed E-state index contributed by atoms with van der Waals surface area (Å²) in [5.41, 5.74) is 6.77. The number of benzene rings is 1. The molecule has 1 aliphatic heterocycles. The van der Waals surface area contributed by atoms with E-state index in [1.807, 2.05) is 12.1 Å². The second kappa shape index (κ2) is 5.23. The number of carbonyl (C=O) groups is 1. The van der Waals surface area contributed by atoms with Crippen LogP contribution in [0.3, 0.4) is 0 Å². The maximum atomic E-state index is 12.1. The Bertz CT molecular complexity index is 477. The molecule has 2 aliphatic rings. The number of nitrogens with one attached hydrogen (secondary N) is 1. The first-order chi connectivity index (χ1) is 9.16. The van der Waals surface area contributed by atoms with Crippen molar-refractivity contribution < 1.29 is 9.53 Å². The highest BCUT2D eigenvalue weighted by Crippen LogP contribution is 2.37. The minimum Gasteiger partial charge on any atom is -0.376 e. The third-order valence-electron chi connectivity index (χ3n) is 4.08. The molecule has 1 aliphatic carbocycles. The number of fused-ring (bicyclic) bond motifs is 1. The Morgan fingerprint density at radius 1 is 1.37 bits per heavy atom. The lowest BCUT2D eigenvalue weighted by molar-refractivity contribution is -0.117. The molecule has 102 valence electrons. The normalized spacial score (nSPS) is 33.2. The molecule has 1 saturated heterocycles. The fourth-order valence-electron chi connectivity index (χ4n) is 2.96. The van der Waals surface area contributed by atoms with E-state index in [1.165, 1.54) is 0 Å². The zero-order chi connectivity index (χ0) is 13.4. The standard InChI is InChI=1S/C14H17BrN2O2/c15-9-5-3-8(4-6-9)14(18)17-12-11(16)10-2-1-7-19-13(10)12/h3-6,10-13H,1-2,7,16H2,(H,17,18). The second-order valence-electron chi connectivity index (χ2n) is 5.22. The molecule has 2 fully saturated rings. The quantitative estimate of drug-likeness (QED) is 0.870. The minimum absolute atomic E-state index is 0.0182. The molecule has 0 bridgehead atoms. The Morgan fingerprint density at radius 3 is 2.84 bits per heavy atom. The lowest BCUT2D eigenvalue weighted by atomic mass is 9.68. The summed E-state index contributed by atoms with van der Waals surface area (Å²) in [5, 5.41) is 3.00. The molecule has 1 amide bonds. The van der Waals surface area contributed by atoms with Crippen molar-refractivity contribution in [3.8, 4) is 0 Å². The minimum atomic E-state index is -0.0828. The topological polar surface area (TPSA) is 64.3 Å². The van der Waals surface area contributed by atoms with Gasteiger partial charge in [-0.2, -0.15) is 0 Å². The summed E-state index contributed by atoms with van der Waals surface area (Å²) >= 11 is 3.35. The van der Waals surface area contributed by atoms with Crippen molar-refractivity contribution in [3.05, 3.63) is 34.3 Å². The molecular weight excluding hydrogens is 308 g/mol. The average molecular weight is 325 g/mol. The van der Waals surface area contributed by atoms with E-state index in [0.717, 1.165) is 23.9 Å². The number of hydrogen-bond acceptors (Lipinski definition) is 3. The molecular formula is C14H17BrN2O2. The number of rotatable bonds is 2. The van der Waals surface area contributed by atoms with Gasteiger partial charge in [0, 0.05) is 28.6 Å². The summed E-state index contributed by atoms with van der Waals surface area (Å²) in [6.07, 6.45) is 2.28. The maximum Gasteiger partial charge on any atom is 0.251 e. The van der Waals surface area contributed by atoms with Crippen LogP contribution >= 0.6 is 15.9 Å². The Balaban J connectivity index is 1.65. The van der Waals surface area contributed by atoms with Gasteiger partial charge in [0.15, 0.2) is 0 Å². The van der Waals surface area contributed by atoms with Crippen LogP contribution in [0.1, 0.15) is 23.2 Å². The summed E-state index contributed by atoms with van der Waals surface area (Å²) in [7, 11) is 0. The van der Waals surface area contributed by atoms with E-state index in [0.29, 0.717) is 11.5 Å². The Labute approximate surface area is 120 Å². The predicted octanol–water partition coefficient (Wildman–Crippen LogP) is 1.68. The summed E-state index contributed by atoms with van der Waals surface area (Å²) in [5.74, 6) is 0.324. The third-order valence-corrected chi connectivity index (χ3v) is 4.61. The lowest BCUT2D eigenvalue weighted by Gasteiger charge is -2.52. The summed E-state index contributed by atoms with van der Waals surface area (Å²) < 4.78 is 6.67. The van der Waals surface area contributed by atoms with Crippen LogP contribution in [0.5, 0.6) is 0 Å². The number of amides is 1. The second-order valence-corrected chi connectivity index (χ2v) is 6.14. The van der Waals surface area contributed by atoms with Gasteiger partial charge in [-0.05, 0) is 37.1 Å². The average Bonchev–Trinajstić information content (AvgIpc) is 2.45. The van der Waals surface area contributed by atoms with Crippen LogP contribution in [0, 0.1) is 5.92 Å². The Kier molecular flexibility index (Phi) is 3.60. The molecule has 5 heteroatoms. The van der Waals surface area contributed by atoms with Gasteiger partial charge in [0.1, 0.15) is 0 Å². The van der Waals surface area contributed by atoms with E-state index in [2.05, 4.69) is 21.2 Å². The molecule has 1 aromatic rings. The molecule has 4 atom stereocenters. The SMILES string of the molecule is NC1C2CCCOC2C1NC(=O)c1ccc(Br)cc1. The smallest absolute Gasteiger partial charge is 0.251 e. The molecule has 4 unspecified atom stereocenters. The van der Waals surface area contributed by atoms with Crippen LogP contribution in [0.2, 0.25) is 0 Å². The number of ether oxygens (including phenoxy) is 1. The zero-order valence-corrected chi connectivity index (χ0v) is 12.1. The molecule has 3 N–H and O–H groups in total. The molecule has 3 rings (SSSR count). The molecule has 0 aromatic heterocycles. The number of halogens is 1. The molecule has 1 saturated carbocycles.